The fourth-order valence-electron chi connectivity index (χ4n) is 2.57. The third-order valence-electron chi connectivity index (χ3n) is 3.67. The molecule has 2 N–H and O–H groups in total. The number of aromatic amines is 2. The molecule has 24 heavy (non-hydrogen) atoms. The van der Waals surface area contributed by atoms with Crippen molar-refractivity contribution < 1.29 is 0 Å². The Balaban J connectivity index is 1.70. The van der Waals surface area contributed by atoms with Crippen molar-refractivity contribution in [3.8, 4) is 17.2 Å². The third kappa shape index (κ3) is 2.67. The second-order valence-electron chi connectivity index (χ2n) is 5.51. The average Bonchev–Trinajstić information content (AvgIpc) is 3.28. The van der Waals surface area contributed by atoms with Crippen molar-refractivity contribution in [1.82, 2.24) is 34.7 Å². The minimum atomic E-state index is 0.505. The largest absolute Gasteiger partial charge is 0.282 e. The fraction of sp³-hybridized carbons (Fsp3) is 0.125. The molecule has 0 spiro atoms. The second kappa shape index (κ2) is 5.89. The Morgan fingerprint density at radius 2 is 1.96 bits per heavy atom. The zero-order chi connectivity index (χ0) is 16.5. The van der Waals surface area contributed by atoms with Crippen molar-refractivity contribution in [3.63, 3.8) is 0 Å². The van der Waals surface area contributed by atoms with E-state index in [2.05, 4.69) is 37.6 Å². The smallest absolute Gasteiger partial charge is 0.200 e. The fourth-order valence-corrected chi connectivity index (χ4v) is 2.80. The molecule has 1 aromatic carbocycles. The van der Waals surface area contributed by atoms with E-state index < -0.39 is 0 Å². The van der Waals surface area contributed by atoms with Crippen LogP contribution in [0.5, 0.6) is 0 Å². The van der Waals surface area contributed by atoms with Crippen LogP contribution in [0, 0.1) is 11.7 Å². The molecule has 0 saturated carbocycles. The van der Waals surface area contributed by atoms with Gasteiger partial charge in [-0.25, -0.2) is 0 Å². The van der Waals surface area contributed by atoms with Crippen molar-refractivity contribution in [2.24, 2.45) is 0 Å². The first-order valence-electron chi connectivity index (χ1n) is 7.47. The molecule has 0 atom stereocenters. The van der Waals surface area contributed by atoms with E-state index in [1.807, 2.05) is 46.6 Å². The van der Waals surface area contributed by atoms with Crippen LogP contribution in [-0.2, 0) is 6.54 Å². The molecule has 0 amide bonds. The monoisotopic (exact) mass is 337 g/mol. The van der Waals surface area contributed by atoms with Gasteiger partial charge in [0.1, 0.15) is 5.69 Å². The molecule has 0 aliphatic rings. The van der Waals surface area contributed by atoms with Gasteiger partial charge in [-0.1, -0.05) is 30.3 Å². The first-order chi connectivity index (χ1) is 11.7. The van der Waals surface area contributed by atoms with E-state index in [-0.39, 0.29) is 0 Å². The molecule has 120 valence electrons. The van der Waals surface area contributed by atoms with E-state index in [0.717, 1.165) is 17.1 Å². The van der Waals surface area contributed by atoms with Gasteiger partial charge in [0.25, 0.3) is 0 Å². The van der Waals surface area contributed by atoms with Crippen LogP contribution in [0.4, 0.5) is 0 Å². The Kier molecular flexibility index (Phi) is 3.58. The second-order valence-corrected chi connectivity index (χ2v) is 5.89. The summed E-state index contributed by atoms with van der Waals surface area (Å²) in [5.74, 6) is 0.656. The lowest BCUT2D eigenvalue weighted by molar-refractivity contribution is 0.686. The Bertz CT molecular complexity index is 1020. The van der Waals surface area contributed by atoms with Gasteiger partial charge >= 0.3 is 0 Å². The van der Waals surface area contributed by atoms with E-state index in [1.165, 1.54) is 5.56 Å². The maximum atomic E-state index is 5.37. The number of hydrogen-bond acceptors (Lipinski definition) is 4. The van der Waals surface area contributed by atoms with Crippen molar-refractivity contribution in [1.29, 1.82) is 0 Å². The minimum Gasteiger partial charge on any atom is -0.282 e. The molecule has 3 aromatic heterocycles. The topological polar surface area (TPSA) is 80.1 Å². The lowest BCUT2D eigenvalue weighted by Crippen LogP contribution is -2.00. The zero-order valence-corrected chi connectivity index (χ0v) is 13.8. The third-order valence-corrected chi connectivity index (χ3v) is 3.95. The molecule has 3 heterocycles. The summed E-state index contributed by atoms with van der Waals surface area (Å²) in [5.41, 5.74) is 3.73. The van der Waals surface area contributed by atoms with Crippen LogP contribution >= 0.6 is 12.2 Å². The molecular weight excluding hydrogens is 322 g/mol. The predicted molar refractivity (Wildman–Crippen MR) is 92.4 cm³/mol. The number of hydrogen-bond donors (Lipinski definition) is 2. The Hall–Kier alpha value is -3.00. The van der Waals surface area contributed by atoms with Gasteiger partial charge in [0, 0.05) is 11.9 Å². The molecule has 7 nitrogen and oxygen atoms in total. The maximum absolute atomic E-state index is 5.37. The molecule has 0 fully saturated rings. The Morgan fingerprint density at radius 1 is 1.12 bits per heavy atom. The Labute approximate surface area is 143 Å². The van der Waals surface area contributed by atoms with Gasteiger partial charge in [-0.2, -0.15) is 15.3 Å². The summed E-state index contributed by atoms with van der Waals surface area (Å²) in [6, 6.07) is 12.1. The van der Waals surface area contributed by atoms with Gasteiger partial charge < -0.3 is 0 Å². The molecule has 0 aliphatic heterocycles. The van der Waals surface area contributed by atoms with Crippen LogP contribution in [0.3, 0.4) is 0 Å². The van der Waals surface area contributed by atoms with Crippen molar-refractivity contribution in [2.75, 3.05) is 0 Å². The van der Waals surface area contributed by atoms with Crippen LogP contribution < -0.4 is 0 Å². The standard InChI is InChI=1S/C16H15N7S/c1-11-7-14(19-18-11)15-20-21-16(24)23(15)13-8-17-22(10-13)9-12-5-3-2-4-6-12/h2-8,10H,9H2,1H3,(H,18,19)(H,21,24). The summed E-state index contributed by atoms with van der Waals surface area (Å²) >= 11 is 5.37. The minimum absolute atomic E-state index is 0.505. The van der Waals surface area contributed by atoms with Gasteiger partial charge in [-0.15, -0.1) is 0 Å². The SMILES string of the molecule is Cc1cc(-c2n[nH]c(=S)n2-c2cnn(Cc3ccccc3)c2)n[nH]1. The quantitative estimate of drug-likeness (QED) is 0.561. The van der Waals surface area contributed by atoms with E-state index >= 15 is 0 Å². The van der Waals surface area contributed by atoms with Crippen LogP contribution in [0.15, 0.2) is 48.8 Å². The number of nitrogens with one attached hydrogen (secondary N) is 2. The van der Waals surface area contributed by atoms with Gasteiger partial charge in [0.15, 0.2) is 10.6 Å². The highest BCUT2D eigenvalue weighted by Gasteiger charge is 2.14. The van der Waals surface area contributed by atoms with E-state index in [9.17, 15) is 0 Å². The van der Waals surface area contributed by atoms with Gasteiger partial charge in [0.05, 0.1) is 18.4 Å². The molecule has 0 unspecified atom stereocenters. The highest BCUT2D eigenvalue weighted by molar-refractivity contribution is 7.71. The first-order valence-corrected chi connectivity index (χ1v) is 7.88. The summed E-state index contributed by atoms with van der Waals surface area (Å²) in [6.45, 7) is 2.64. The van der Waals surface area contributed by atoms with Crippen LogP contribution in [0.1, 0.15) is 11.3 Å². The number of H-pyrrole nitrogens is 2. The van der Waals surface area contributed by atoms with E-state index in [4.69, 9.17) is 12.2 Å². The van der Waals surface area contributed by atoms with Crippen molar-refractivity contribution in [3.05, 3.63) is 64.8 Å². The molecular formula is C16H15N7S. The van der Waals surface area contributed by atoms with Crippen molar-refractivity contribution in [2.45, 2.75) is 13.5 Å². The molecule has 0 saturated heterocycles. The molecule has 4 aromatic rings. The van der Waals surface area contributed by atoms with Gasteiger partial charge in [-0.05, 0) is 30.8 Å². The Morgan fingerprint density at radius 3 is 2.71 bits per heavy atom. The average molecular weight is 337 g/mol. The maximum Gasteiger partial charge on any atom is 0.200 e. The molecule has 0 bridgehead atoms. The number of benzene rings is 1. The van der Waals surface area contributed by atoms with Crippen LogP contribution in [0.2, 0.25) is 0 Å². The molecule has 8 heteroatoms. The lowest BCUT2D eigenvalue weighted by Gasteiger charge is -2.02. The summed E-state index contributed by atoms with van der Waals surface area (Å²) in [5, 5.41) is 18.7. The van der Waals surface area contributed by atoms with Crippen molar-refractivity contribution >= 4 is 12.2 Å². The predicted octanol–water partition coefficient (Wildman–Crippen LogP) is 2.87. The number of aromatic nitrogens is 7. The number of nitrogens with zero attached hydrogens (tertiary/aromatic N) is 5. The van der Waals surface area contributed by atoms with Gasteiger partial charge in [0.2, 0.25) is 0 Å². The summed E-state index contributed by atoms with van der Waals surface area (Å²) in [4.78, 5) is 0. The van der Waals surface area contributed by atoms with Crippen LogP contribution in [0.25, 0.3) is 17.2 Å². The molecule has 4 rings (SSSR count). The van der Waals surface area contributed by atoms with Crippen LogP contribution in [-0.4, -0.2) is 34.7 Å². The zero-order valence-electron chi connectivity index (χ0n) is 13.0. The van der Waals surface area contributed by atoms with Gasteiger partial charge in [-0.3, -0.25) is 19.4 Å². The highest BCUT2D eigenvalue weighted by atomic mass is 32.1. The summed E-state index contributed by atoms with van der Waals surface area (Å²) < 4.78 is 4.21. The lowest BCUT2D eigenvalue weighted by atomic mass is 10.2. The van der Waals surface area contributed by atoms with E-state index in [1.54, 1.807) is 6.20 Å². The number of rotatable bonds is 4. The summed E-state index contributed by atoms with van der Waals surface area (Å²) in [7, 11) is 0. The summed E-state index contributed by atoms with van der Waals surface area (Å²) in [6.07, 6.45) is 3.72. The first kappa shape index (κ1) is 14.6. The molecule has 0 radical (unpaired) electrons. The number of aryl methyl sites for hydroxylation is 1. The highest BCUT2D eigenvalue weighted by Crippen LogP contribution is 2.20. The molecule has 0 aliphatic carbocycles. The normalized spacial score (nSPS) is 11.0. The van der Waals surface area contributed by atoms with E-state index in [0.29, 0.717) is 17.1 Å².